The average Bonchev–Trinajstić information content (AvgIpc) is 2.92. The van der Waals surface area contributed by atoms with Gasteiger partial charge in [-0.2, -0.15) is 13.2 Å². The van der Waals surface area contributed by atoms with Crippen LogP contribution in [-0.2, 0) is 14.6 Å². The molecule has 0 radical (unpaired) electrons. The van der Waals surface area contributed by atoms with Crippen LogP contribution in [0, 0.1) is 17.7 Å². The van der Waals surface area contributed by atoms with Crippen LogP contribution >= 0.6 is 0 Å². The van der Waals surface area contributed by atoms with Crippen LogP contribution < -0.4 is 0 Å². The van der Waals surface area contributed by atoms with Gasteiger partial charge in [-0.05, 0) is 37.2 Å². The van der Waals surface area contributed by atoms with Crippen molar-refractivity contribution < 1.29 is 35.9 Å². The summed E-state index contributed by atoms with van der Waals surface area (Å²) in [5.74, 6) is -5.91. The molecule has 0 amide bonds. The quantitative estimate of drug-likeness (QED) is 0.602. The van der Waals surface area contributed by atoms with E-state index in [0.717, 1.165) is 24.3 Å². The van der Waals surface area contributed by atoms with Crippen LogP contribution in [-0.4, -0.2) is 56.0 Å². The molecular weight excluding hydrogens is 366 g/mol. The van der Waals surface area contributed by atoms with E-state index >= 15 is 0 Å². The number of halogens is 4. The molecule has 1 aliphatic rings. The number of alkyl halides is 3. The highest BCUT2D eigenvalue weighted by Crippen LogP contribution is 2.37. The van der Waals surface area contributed by atoms with Gasteiger partial charge in [-0.1, -0.05) is 0 Å². The van der Waals surface area contributed by atoms with Crippen LogP contribution in [0.3, 0.4) is 0 Å². The van der Waals surface area contributed by atoms with Gasteiger partial charge < -0.3 is 10.0 Å². The molecule has 25 heavy (non-hydrogen) atoms. The maximum absolute atomic E-state index is 12.9. The summed E-state index contributed by atoms with van der Waals surface area (Å²) in [4.78, 5) is 12.3. The molecule has 1 N–H and O–H groups in total. The fourth-order valence-electron chi connectivity index (χ4n) is 2.89. The number of hydrogen-bond acceptors (Lipinski definition) is 4. The Balaban J connectivity index is 1.93. The lowest BCUT2D eigenvalue weighted by atomic mass is 9.96. The number of aliphatic carboxylic acids is 1. The normalized spacial score (nSPS) is 22.2. The minimum Gasteiger partial charge on any atom is -0.481 e. The van der Waals surface area contributed by atoms with E-state index in [1.54, 1.807) is 0 Å². The van der Waals surface area contributed by atoms with E-state index in [9.17, 15) is 30.8 Å². The Morgan fingerprint density at radius 2 is 1.80 bits per heavy atom. The monoisotopic (exact) mass is 383 g/mol. The standard InChI is InChI=1S/C15H17F4NO4S/c16-10-2-4-11(5-3-10)25(23,24)7-1-6-20-8-12(14(21)22)13(9-20)15(17,18)19/h2-5,12-13H,1,6-9H2,(H,21,22)/t12-,13-/m1/s1. The third-order valence-electron chi connectivity index (χ3n) is 4.19. The molecule has 5 nitrogen and oxygen atoms in total. The van der Waals surface area contributed by atoms with E-state index in [-0.39, 0.29) is 30.2 Å². The molecule has 0 spiro atoms. The minimum absolute atomic E-state index is 0.0385. The van der Waals surface area contributed by atoms with Crippen LogP contribution in [0.1, 0.15) is 6.42 Å². The fraction of sp³-hybridized carbons (Fsp3) is 0.533. The lowest BCUT2D eigenvalue weighted by molar-refractivity contribution is -0.188. The lowest BCUT2D eigenvalue weighted by Crippen LogP contribution is -2.33. The van der Waals surface area contributed by atoms with Crippen LogP contribution in [0.25, 0.3) is 0 Å². The second-order valence-corrected chi connectivity index (χ2v) is 8.09. The van der Waals surface area contributed by atoms with Crippen molar-refractivity contribution >= 4 is 15.8 Å². The third-order valence-corrected chi connectivity index (χ3v) is 6.01. The van der Waals surface area contributed by atoms with Crippen molar-refractivity contribution in [1.29, 1.82) is 0 Å². The smallest absolute Gasteiger partial charge is 0.393 e. The van der Waals surface area contributed by atoms with Crippen molar-refractivity contribution in [3.8, 4) is 0 Å². The van der Waals surface area contributed by atoms with Gasteiger partial charge in [-0.25, -0.2) is 12.8 Å². The van der Waals surface area contributed by atoms with Crippen LogP contribution in [0.5, 0.6) is 0 Å². The summed E-state index contributed by atoms with van der Waals surface area (Å²) in [5.41, 5.74) is 0. The zero-order chi connectivity index (χ0) is 18.8. The molecule has 0 saturated carbocycles. The predicted octanol–water partition coefficient (Wildman–Crippen LogP) is 2.18. The molecule has 0 aliphatic carbocycles. The first kappa shape index (κ1) is 19.6. The van der Waals surface area contributed by atoms with E-state index in [1.165, 1.54) is 4.90 Å². The maximum atomic E-state index is 12.9. The Hall–Kier alpha value is -1.68. The summed E-state index contributed by atoms with van der Waals surface area (Å²) in [5, 5.41) is 8.94. The zero-order valence-electron chi connectivity index (χ0n) is 13.0. The fourth-order valence-corrected chi connectivity index (χ4v) is 4.18. The van der Waals surface area contributed by atoms with Gasteiger partial charge in [-0.3, -0.25) is 4.79 Å². The molecule has 2 rings (SSSR count). The molecule has 1 heterocycles. The molecule has 1 aromatic rings. The molecule has 1 saturated heterocycles. The van der Waals surface area contributed by atoms with E-state index in [0.29, 0.717) is 0 Å². The zero-order valence-corrected chi connectivity index (χ0v) is 13.9. The highest BCUT2D eigenvalue weighted by molar-refractivity contribution is 7.91. The highest BCUT2D eigenvalue weighted by atomic mass is 32.2. The number of hydrogen-bond donors (Lipinski definition) is 1. The number of likely N-dealkylation sites (tertiary alicyclic amines) is 1. The largest absolute Gasteiger partial charge is 0.481 e. The predicted molar refractivity (Wildman–Crippen MR) is 80.2 cm³/mol. The summed E-state index contributed by atoms with van der Waals surface area (Å²) >= 11 is 0. The third kappa shape index (κ3) is 4.91. The van der Waals surface area contributed by atoms with Crippen molar-refractivity contribution in [2.45, 2.75) is 17.5 Å². The lowest BCUT2D eigenvalue weighted by Gasteiger charge is -2.18. The van der Waals surface area contributed by atoms with Gasteiger partial charge >= 0.3 is 12.1 Å². The number of benzene rings is 1. The van der Waals surface area contributed by atoms with Gasteiger partial charge in [0.05, 0.1) is 22.5 Å². The van der Waals surface area contributed by atoms with E-state index in [2.05, 4.69) is 0 Å². The summed E-state index contributed by atoms with van der Waals surface area (Å²) in [7, 11) is -3.67. The van der Waals surface area contributed by atoms with Gasteiger partial charge in [0.2, 0.25) is 0 Å². The molecule has 0 aromatic heterocycles. The van der Waals surface area contributed by atoms with Crippen molar-refractivity contribution in [3.63, 3.8) is 0 Å². The van der Waals surface area contributed by atoms with Gasteiger partial charge in [-0.15, -0.1) is 0 Å². The molecule has 0 bridgehead atoms. The molecule has 1 fully saturated rings. The Morgan fingerprint density at radius 3 is 2.28 bits per heavy atom. The number of carboxylic acid groups (broad SMARTS) is 1. The summed E-state index contributed by atoms with van der Waals surface area (Å²) in [6, 6.07) is 4.28. The molecule has 140 valence electrons. The maximum Gasteiger partial charge on any atom is 0.393 e. The van der Waals surface area contributed by atoms with Crippen LogP contribution in [0.15, 0.2) is 29.2 Å². The van der Waals surface area contributed by atoms with Crippen LogP contribution in [0.2, 0.25) is 0 Å². The van der Waals surface area contributed by atoms with Crippen LogP contribution in [0.4, 0.5) is 17.6 Å². The van der Waals surface area contributed by atoms with Crippen molar-refractivity contribution in [1.82, 2.24) is 4.90 Å². The Bertz CT molecular complexity index is 718. The number of nitrogens with zero attached hydrogens (tertiary/aromatic N) is 1. The van der Waals surface area contributed by atoms with Crippen molar-refractivity contribution in [2.24, 2.45) is 11.8 Å². The van der Waals surface area contributed by atoms with Gasteiger partial charge in [0.1, 0.15) is 5.82 Å². The van der Waals surface area contributed by atoms with Crippen molar-refractivity contribution in [2.75, 3.05) is 25.4 Å². The Labute approximate surface area is 142 Å². The first-order valence-corrected chi connectivity index (χ1v) is 9.16. The first-order valence-electron chi connectivity index (χ1n) is 7.51. The molecule has 1 aromatic carbocycles. The Kier molecular flexibility index (Phi) is 5.72. The molecule has 0 unspecified atom stereocenters. The number of rotatable bonds is 6. The van der Waals surface area contributed by atoms with Gasteiger partial charge in [0.25, 0.3) is 0 Å². The molecule has 10 heteroatoms. The number of sulfone groups is 1. The highest BCUT2D eigenvalue weighted by Gasteiger charge is 2.52. The second-order valence-electron chi connectivity index (χ2n) is 5.98. The molecule has 1 aliphatic heterocycles. The topological polar surface area (TPSA) is 74.7 Å². The number of carboxylic acids is 1. The first-order chi connectivity index (χ1) is 11.5. The summed E-state index contributed by atoms with van der Waals surface area (Å²) in [6.45, 7) is -0.691. The summed E-state index contributed by atoms with van der Waals surface area (Å²) < 4.78 is 75.7. The number of carbonyl (C=O) groups is 1. The van der Waals surface area contributed by atoms with E-state index in [4.69, 9.17) is 5.11 Å². The summed E-state index contributed by atoms with van der Waals surface area (Å²) in [6.07, 6.45) is -4.56. The van der Waals surface area contributed by atoms with Crippen molar-refractivity contribution in [3.05, 3.63) is 30.1 Å². The van der Waals surface area contributed by atoms with E-state index < -0.39 is 46.2 Å². The minimum atomic E-state index is -4.61. The second kappa shape index (κ2) is 7.28. The molecular formula is C15H17F4NO4S. The molecule has 2 atom stereocenters. The SMILES string of the molecule is O=C(O)[C@@H]1CN(CCCS(=O)(=O)c2ccc(F)cc2)C[C@H]1C(F)(F)F. The van der Waals surface area contributed by atoms with E-state index in [1.807, 2.05) is 0 Å². The average molecular weight is 383 g/mol. The van der Waals surface area contributed by atoms with Gasteiger partial charge in [0.15, 0.2) is 9.84 Å². The van der Waals surface area contributed by atoms with Gasteiger partial charge in [0, 0.05) is 13.1 Å². The Morgan fingerprint density at radius 1 is 1.20 bits per heavy atom.